The molecule has 2 fully saturated rings. The molecule has 3 nitrogen and oxygen atoms in total. The first-order valence-electron chi connectivity index (χ1n) is 11.5. The Morgan fingerprint density at radius 2 is 1.93 bits per heavy atom. The molecule has 1 aliphatic heterocycles. The van der Waals surface area contributed by atoms with Crippen LogP contribution in [-0.4, -0.2) is 23.1 Å². The summed E-state index contributed by atoms with van der Waals surface area (Å²) in [6.45, 7) is 9.37. The van der Waals surface area contributed by atoms with Crippen LogP contribution in [0.15, 0.2) is 11.8 Å². The molecule has 0 aromatic carbocycles. The number of rotatable bonds is 5. The number of carbonyl (C=O) groups excluding carboxylic acids is 2. The van der Waals surface area contributed by atoms with Gasteiger partial charge < -0.3 is 4.90 Å². The molecule has 3 heteroatoms. The van der Waals surface area contributed by atoms with Crippen LogP contribution in [0, 0.1) is 29.1 Å². The van der Waals surface area contributed by atoms with Gasteiger partial charge in [0.25, 0.3) is 0 Å². The topological polar surface area (TPSA) is 37.4 Å². The van der Waals surface area contributed by atoms with Crippen molar-refractivity contribution in [3.05, 3.63) is 11.8 Å². The highest BCUT2D eigenvalue weighted by Crippen LogP contribution is 2.58. The molecule has 0 spiro atoms. The molecule has 2 aliphatic carbocycles. The van der Waals surface area contributed by atoms with Gasteiger partial charge in [0.2, 0.25) is 5.91 Å². The van der Waals surface area contributed by atoms with Gasteiger partial charge in [-0.15, -0.1) is 0 Å². The molecule has 152 valence electrons. The van der Waals surface area contributed by atoms with E-state index < -0.39 is 0 Å². The van der Waals surface area contributed by atoms with E-state index in [0.29, 0.717) is 17.6 Å². The number of unbranched alkanes of at least 4 members (excludes halogenated alkanes) is 1. The number of hydrogen-bond donors (Lipinski definition) is 0. The van der Waals surface area contributed by atoms with E-state index in [0.717, 1.165) is 31.5 Å². The summed E-state index contributed by atoms with van der Waals surface area (Å²) >= 11 is 0. The second-order valence-electron chi connectivity index (χ2n) is 9.50. The second kappa shape index (κ2) is 8.49. The quantitative estimate of drug-likeness (QED) is 0.616. The van der Waals surface area contributed by atoms with Gasteiger partial charge in [0, 0.05) is 36.1 Å². The number of carbonyl (C=O) groups is 2. The molecule has 0 aromatic rings. The van der Waals surface area contributed by atoms with Gasteiger partial charge in [-0.1, -0.05) is 59.8 Å². The van der Waals surface area contributed by atoms with Gasteiger partial charge in [-0.2, -0.15) is 0 Å². The lowest BCUT2D eigenvalue weighted by Crippen LogP contribution is -2.41. The number of fused-ring (bicyclic) bond motifs is 2. The molecule has 0 radical (unpaired) electrons. The molecule has 1 saturated carbocycles. The third kappa shape index (κ3) is 3.63. The molecule has 1 amide bonds. The normalized spacial score (nSPS) is 34.0. The summed E-state index contributed by atoms with van der Waals surface area (Å²) < 4.78 is 0. The molecule has 0 bridgehead atoms. The Balaban J connectivity index is 2.07. The average Bonchev–Trinajstić information content (AvgIpc) is 2.86. The first kappa shape index (κ1) is 20.6. The maximum Gasteiger partial charge on any atom is 0.229 e. The summed E-state index contributed by atoms with van der Waals surface area (Å²) in [6.07, 6.45) is 13.7. The van der Waals surface area contributed by atoms with Gasteiger partial charge in [0.15, 0.2) is 5.78 Å². The lowest BCUT2D eigenvalue weighted by atomic mass is 9.57. The summed E-state index contributed by atoms with van der Waals surface area (Å²) in [4.78, 5) is 28.2. The van der Waals surface area contributed by atoms with Crippen molar-refractivity contribution in [3.8, 4) is 0 Å². The fraction of sp³-hybridized carbons (Fsp3) is 0.833. The standard InChI is InChI=1S/C24H39NO2/c1-5-7-14-24(6-2)19-12-10-8-9-11-18(19)22(26)16-21-20(24)13-15-25(21)23(27)17(3)4/h16-20H,5-15H2,1-4H3. The van der Waals surface area contributed by atoms with Gasteiger partial charge in [-0.3, -0.25) is 9.59 Å². The van der Waals surface area contributed by atoms with Crippen molar-refractivity contribution < 1.29 is 9.59 Å². The predicted molar refractivity (Wildman–Crippen MR) is 110 cm³/mol. The zero-order valence-corrected chi connectivity index (χ0v) is 17.9. The van der Waals surface area contributed by atoms with E-state index in [2.05, 4.69) is 13.8 Å². The SMILES string of the molecule is CCCCC1(CC)C2CCN(C(=O)C(C)C)C2=CC(=O)C2CCCCCC21. The van der Waals surface area contributed by atoms with E-state index in [1.807, 2.05) is 24.8 Å². The van der Waals surface area contributed by atoms with Crippen LogP contribution in [0.1, 0.15) is 91.9 Å². The number of allylic oxidation sites excluding steroid dienone is 2. The molecule has 0 N–H and O–H groups in total. The Labute approximate surface area is 166 Å². The van der Waals surface area contributed by atoms with E-state index in [1.54, 1.807) is 0 Å². The van der Waals surface area contributed by atoms with Crippen molar-refractivity contribution in [1.29, 1.82) is 0 Å². The molecule has 3 rings (SSSR count). The van der Waals surface area contributed by atoms with Crippen molar-refractivity contribution in [2.45, 2.75) is 91.9 Å². The average molecular weight is 374 g/mol. The predicted octanol–water partition coefficient (Wildman–Crippen LogP) is 5.74. The van der Waals surface area contributed by atoms with Crippen LogP contribution in [-0.2, 0) is 9.59 Å². The maximum atomic E-state index is 13.3. The number of nitrogens with zero attached hydrogens (tertiary/aromatic N) is 1. The van der Waals surface area contributed by atoms with Crippen LogP contribution in [0.2, 0.25) is 0 Å². The van der Waals surface area contributed by atoms with Gasteiger partial charge in [-0.05, 0) is 43.4 Å². The highest BCUT2D eigenvalue weighted by Gasteiger charge is 2.54. The summed E-state index contributed by atoms with van der Waals surface area (Å²) in [5.74, 6) is 1.56. The zero-order valence-electron chi connectivity index (χ0n) is 17.9. The summed E-state index contributed by atoms with van der Waals surface area (Å²) in [5, 5.41) is 0. The van der Waals surface area contributed by atoms with Crippen LogP contribution in [0.4, 0.5) is 0 Å². The lowest BCUT2D eigenvalue weighted by molar-refractivity contribution is -0.131. The fourth-order valence-corrected chi connectivity index (χ4v) is 6.43. The third-order valence-electron chi connectivity index (χ3n) is 7.83. The fourth-order valence-electron chi connectivity index (χ4n) is 6.43. The largest absolute Gasteiger partial charge is 0.316 e. The molecule has 27 heavy (non-hydrogen) atoms. The van der Waals surface area contributed by atoms with Gasteiger partial charge in [-0.25, -0.2) is 0 Å². The van der Waals surface area contributed by atoms with Crippen LogP contribution >= 0.6 is 0 Å². The van der Waals surface area contributed by atoms with Crippen LogP contribution < -0.4 is 0 Å². The molecule has 0 aromatic heterocycles. The summed E-state index contributed by atoms with van der Waals surface area (Å²) in [6, 6.07) is 0. The van der Waals surface area contributed by atoms with Gasteiger partial charge in [0.05, 0.1) is 0 Å². The highest BCUT2D eigenvalue weighted by molar-refractivity contribution is 5.94. The van der Waals surface area contributed by atoms with Crippen molar-refractivity contribution >= 4 is 11.7 Å². The van der Waals surface area contributed by atoms with Crippen molar-refractivity contribution in [2.75, 3.05) is 6.54 Å². The first-order valence-corrected chi connectivity index (χ1v) is 11.5. The van der Waals surface area contributed by atoms with Crippen LogP contribution in [0.3, 0.4) is 0 Å². The zero-order chi connectivity index (χ0) is 19.6. The molecule has 1 heterocycles. The highest BCUT2D eigenvalue weighted by atomic mass is 16.2. The monoisotopic (exact) mass is 373 g/mol. The third-order valence-corrected chi connectivity index (χ3v) is 7.83. The second-order valence-corrected chi connectivity index (χ2v) is 9.50. The Morgan fingerprint density at radius 1 is 1.19 bits per heavy atom. The molecule has 1 saturated heterocycles. The Morgan fingerprint density at radius 3 is 2.59 bits per heavy atom. The summed E-state index contributed by atoms with van der Waals surface area (Å²) in [7, 11) is 0. The van der Waals surface area contributed by atoms with Gasteiger partial charge in [0.1, 0.15) is 0 Å². The number of amides is 1. The van der Waals surface area contributed by atoms with Crippen molar-refractivity contribution in [1.82, 2.24) is 4.90 Å². The Hall–Kier alpha value is -1.12. The Bertz CT molecular complexity index is 593. The smallest absolute Gasteiger partial charge is 0.229 e. The van der Waals surface area contributed by atoms with E-state index in [9.17, 15) is 9.59 Å². The van der Waals surface area contributed by atoms with E-state index >= 15 is 0 Å². The van der Waals surface area contributed by atoms with E-state index in [1.165, 1.54) is 44.9 Å². The van der Waals surface area contributed by atoms with Crippen LogP contribution in [0.5, 0.6) is 0 Å². The molecule has 4 atom stereocenters. The minimum atomic E-state index is -0.0137. The number of likely N-dealkylation sites (tertiary alicyclic amines) is 1. The van der Waals surface area contributed by atoms with Crippen LogP contribution in [0.25, 0.3) is 0 Å². The lowest BCUT2D eigenvalue weighted by Gasteiger charge is -2.47. The molecule has 3 aliphatic rings. The van der Waals surface area contributed by atoms with Gasteiger partial charge >= 0.3 is 0 Å². The molecular weight excluding hydrogens is 334 g/mol. The minimum Gasteiger partial charge on any atom is -0.316 e. The number of ketones is 1. The maximum absolute atomic E-state index is 13.3. The van der Waals surface area contributed by atoms with E-state index in [-0.39, 0.29) is 23.2 Å². The van der Waals surface area contributed by atoms with E-state index in [4.69, 9.17) is 0 Å². The summed E-state index contributed by atoms with van der Waals surface area (Å²) in [5.41, 5.74) is 1.26. The minimum absolute atomic E-state index is 0.0137. The molecule has 4 unspecified atom stereocenters. The number of hydrogen-bond acceptors (Lipinski definition) is 2. The molecular formula is C24H39NO2. The first-order chi connectivity index (χ1) is 13.0. The van der Waals surface area contributed by atoms with Crippen molar-refractivity contribution in [2.24, 2.45) is 29.1 Å². The Kier molecular flexibility index (Phi) is 6.48. The van der Waals surface area contributed by atoms with Crippen molar-refractivity contribution in [3.63, 3.8) is 0 Å².